The van der Waals surface area contributed by atoms with E-state index in [0.717, 1.165) is 11.4 Å². The summed E-state index contributed by atoms with van der Waals surface area (Å²) in [7, 11) is 2.04. The van der Waals surface area contributed by atoms with Gasteiger partial charge in [0.1, 0.15) is 0 Å². The molecule has 0 amide bonds. The molecule has 0 spiro atoms. The Kier molecular flexibility index (Phi) is 5.48. The molecule has 0 saturated carbocycles. The minimum atomic E-state index is 0.406. The topological polar surface area (TPSA) is 12.0 Å². The summed E-state index contributed by atoms with van der Waals surface area (Å²) in [5, 5.41) is 4.23. The predicted molar refractivity (Wildman–Crippen MR) is 76.7 cm³/mol. The van der Waals surface area contributed by atoms with Crippen LogP contribution in [-0.4, -0.2) is 13.1 Å². The van der Waals surface area contributed by atoms with Crippen molar-refractivity contribution < 1.29 is 0 Å². The maximum absolute atomic E-state index is 6.00. The van der Waals surface area contributed by atoms with Crippen LogP contribution in [-0.2, 0) is 6.42 Å². The van der Waals surface area contributed by atoms with Crippen LogP contribution in [0, 0.1) is 5.41 Å². The van der Waals surface area contributed by atoms with Crippen LogP contribution in [0.3, 0.4) is 0 Å². The molecule has 17 heavy (non-hydrogen) atoms. The van der Waals surface area contributed by atoms with Crippen molar-refractivity contribution in [3.63, 3.8) is 0 Å². The zero-order chi connectivity index (χ0) is 12.9. The van der Waals surface area contributed by atoms with Crippen LogP contribution in [0.25, 0.3) is 0 Å². The SMILES string of the molecule is CNC(CCC(C)(C)C)Cc1cccc(Cl)c1. The van der Waals surface area contributed by atoms with Gasteiger partial charge < -0.3 is 5.32 Å². The second-order valence-corrected chi connectivity index (χ2v) is 6.36. The maximum Gasteiger partial charge on any atom is 0.0408 e. The Labute approximate surface area is 111 Å². The molecule has 0 radical (unpaired) electrons. The lowest BCUT2D eigenvalue weighted by Crippen LogP contribution is -2.28. The number of likely N-dealkylation sites (N-methyl/N-ethyl adjacent to an activating group) is 1. The molecule has 0 aromatic heterocycles. The quantitative estimate of drug-likeness (QED) is 0.825. The Hall–Kier alpha value is -0.530. The first-order valence-corrected chi connectivity index (χ1v) is 6.70. The van der Waals surface area contributed by atoms with E-state index in [1.165, 1.54) is 18.4 Å². The summed E-state index contributed by atoms with van der Waals surface area (Å²) in [6.07, 6.45) is 3.48. The van der Waals surface area contributed by atoms with Gasteiger partial charge in [-0.3, -0.25) is 0 Å². The zero-order valence-electron chi connectivity index (χ0n) is 11.4. The molecule has 0 bridgehead atoms. The summed E-state index contributed by atoms with van der Waals surface area (Å²) in [6, 6.07) is 8.69. The first kappa shape index (κ1) is 14.5. The van der Waals surface area contributed by atoms with Crippen molar-refractivity contribution >= 4 is 11.6 Å². The van der Waals surface area contributed by atoms with E-state index in [2.05, 4.69) is 38.2 Å². The molecule has 1 aromatic rings. The van der Waals surface area contributed by atoms with Crippen LogP contribution in [0.15, 0.2) is 24.3 Å². The highest BCUT2D eigenvalue weighted by Gasteiger charge is 2.14. The third kappa shape index (κ3) is 6.09. The van der Waals surface area contributed by atoms with Crippen LogP contribution in [0.5, 0.6) is 0 Å². The van der Waals surface area contributed by atoms with Gasteiger partial charge in [-0.05, 0) is 49.4 Å². The average Bonchev–Trinajstić information content (AvgIpc) is 2.23. The highest BCUT2D eigenvalue weighted by atomic mass is 35.5. The van der Waals surface area contributed by atoms with Gasteiger partial charge in [0, 0.05) is 11.1 Å². The van der Waals surface area contributed by atoms with Crippen molar-refractivity contribution in [3.8, 4) is 0 Å². The number of hydrogen-bond donors (Lipinski definition) is 1. The molecular weight excluding hydrogens is 230 g/mol. The highest BCUT2D eigenvalue weighted by molar-refractivity contribution is 6.30. The fraction of sp³-hybridized carbons (Fsp3) is 0.600. The third-order valence-electron chi connectivity index (χ3n) is 3.02. The van der Waals surface area contributed by atoms with Gasteiger partial charge in [0.05, 0.1) is 0 Å². The Morgan fingerprint density at radius 3 is 2.53 bits per heavy atom. The molecule has 1 N–H and O–H groups in total. The van der Waals surface area contributed by atoms with Gasteiger partial charge in [0.15, 0.2) is 0 Å². The van der Waals surface area contributed by atoms with Gasteiger partial charge in [-0.2, -0.15) is 0 Å². The number of hydrogen-bond acceptors (Lipinski definition) is 1. The highest BCUT2D eigenvalue weighted by Crippen LogP contribution is 2.23. The average molecular weight is 254 g/mol. The summed E-state index contributed by atoms with van der Waals surface area (Å²) in [5.41, 5.74) is 1.72. The van der Waals surface area contributed by atoms with E-state index in [4.69, 9.17) is 11.6 Å². The van der Waals surface area contributed by atoms with Crippen LogP contribution >= 0.6 is 11.6 Å². The van der Waals surface area contributed by atoms with Gasteiger partial charge in [-0.25, -0.2) is 0 Å². The molecule has 1 unspecified atom stereocenters. The molecule has 0 aliphatic heterocycles. The molecule has 1 atom stereocenters. The normalized spacial score (nSPS) is 13.7. The second kappa shape index (κ2) is 6.42. The van der Waals surface area contributed by atoms with Gasteiger partial charge in [-0.1, -0.05) is 44.5 Å². The molecule has 0 saturated heterocycles. The number of nitrogens with one attached hydrogen (secondary N) is 1. The predicted octanol–water partition coefficient (Wildman–Crippen LogP) is 4.30. The minimum absolute atomic E-state index is 0.406. The smallest absolute Gasteiger partial charge is 0.0408 e. The Morgan fingerprint density at radius 2 is 2.00 bits per heavy atom. The van der Waals surface area contributed by atoms with Gasteiger partial charge >= 0.3 is 0 Å². The summed E-state index contributed by atoms with van der Waals surface area (Å²) < 4.78 is 0. The van der Waals surface area contributed by atoms with E-state index in [9.17, 15) is 0 Å². The van der Waals surface area contributed by atoms with Crippen LogP contribution in [0.4, 0.5) is 0 Å². The maximum atomic E-state index is 6.00. The first-order chi connectivity index (χ1) is 7.90. The molecule has 0 aliphatic rings. The van der Waals surface area contributed by atoms with Crippen molar-refractivity contribution in [2.24, 2.45) is 5.41 Å². The third-order valence-corrected chi connectivity index (χ3v) is 3.26. The lowest BCUT2D eigenvalue weighted by molar-refractivity contribution is 0.334. The molecule has 2 heteroatoms. The molecule has 0 aliphatic carbocycles. The molecule has 1 nitrogen and oxygen atoms in total. The monoisotopic (exact) mass is 253 g/mol. The molecule has 0 fully saturated rings. The minimum Gasteiger partial charge on any atom is -0.317 e. The van der Waals surface area contributed by atoms with E-state index in [1.54, 1.807) is 0 Å². The van der Waals surface area contributed by atoms with Crippen molar-refractivity contribution in [2.75, 3.05) is 7.05 Å². The molecule has 1 aromatic carbocycles. The van der Waals surface area contributed by atoms with Crippen molar-refractivity contribution in [1.82, 2.24) is 5.32 Å². The van der Waals surface area contributed by atoms with E-state index < -0.39 is 0 Å². The Morgan fingerprint density at radius 1 is 1.29 bits per heavy atom. The number of rotatable bonds is 5. The Balaban J connectivity index is 2.52. The summed E-state index contributed by atoms with van der Waals surface area (Å²) in [5.74, 6) is 0. The van der Waals surface area contributed by atoms with Gasteiger partial charge in [0.25, 0.3) is 0 Å². The molecule has 96 valence electrons. The first-order valence-electron chi connectivity index (χ1n) is 6.32. The van der Waals surface area contributed by atoms with Crippen molar-refractivity contribution in [2.45, 2.75) is 46.1 Å². The van der Waals surface area contributed by atoms with E-state index in [1.807, 2.05) is 19.2 Å². The van der Waals surface area contributed by atoms with E-state index in [0.29, 0.717) is 11.5 Å². The summed E-state index contributed by atoms with van der Waals surface area (Å²) >= 11 is 6.00. The zero-order valence-corrected chi connectivity index (χ0v) is 12.1. The van der Waals surface area contributed by atoms with Crippen molar-refractivity contribution in [1.29, 1.82) is 0 Å². The standard InChI is InChI=1S/C15H24ClN/c1-15(2,3)9-8-14(17-4)11-12-6-5-7-13(16)10-12/h5-7,10,14,17H,8-9,11H2,1-4H3. The fourth-order valence-corrected chi connectivity index (χ4v) is 2.12. The number of halogens is 1. The summed E-state index contributed by atoms with van der Waals surface area (Å²) in [6.45, 7) is 6.87. The van der Waals surface area contributed by atoms with Gasteiger partial charge in [0.2, 0.25) is 0 Å². The summed E-state index contributed by atoms with van der Waals surface area (Å²) in [4.78, 5) is 0. The lowest BCUT2D eigenvalue weighted by atomic mass is 9.87. The largest absolute Gasteiger partial charge is 0.317 e. The van der Waals surface area contributed by atoms with Crippen LogP contribution in [0.2, 0.25) is 5.02 Å². The van der Waals surface area contributed by atoms with E-state index >= 15 is 0 Å². The lowest BCUT2D eigenvalue weighted by Gasteiger charge is -2.23. The van der Waals surface area contributed by atoms with E-state index in [-0.39, 0.29) is 0 Å². The van der Waals surface area contributed by atoms with Crippen LogP contribution in [0.1, 0.15) is 39.2 Å². The number of benzene rings is 1. The molecule has 0 heterocycles. The van der Waals surface area contributed by atoms with Gasteiger partial charge in [-0.15, -0.1) is 0 Å². The second-order valence-electron chi connectivity index (χ2n) is 5.92. The molecule has 1 rings (SSSR count). The van der Waals surface area contributed by atoms with Crippen molar-refractivity contribution in [3.05, 3.63) is 34.9 Å². The Bertz CT molecular complexity index is 341. The molecular formula is C15H24ClN. The van der Waals surface area contributed by atoms with Crippen LogP contribution < -0.4 is 5.32 Å². The fourth-order valence-electron chi connectivity index (χ4n) is 1.90.